The van der Waals surface area contributed by atoms with Crippen molar-refractivity contribution in [1.82, 2.24) is 9.80 Å². The minimum Gasteiger partial charge on any atom is -0.379 e. The number of ketones is 2. The van der Waals surface area contributed by atoms with E-state index in [2.05, 4.69) is 4.90 Å². The van der Waals surface area contributed by atoms with E-state index in [4.69, 9.17) is 16.3 Å². The third-order valence-corrected chi connectivity index (χ3v) is 6.56. The molecule has 2 aliphatic rings. The van der Waals surface area contributed by atoms with E-state index < -0.39 is 23.7 Å². The lowest BCUT2D eigenvalue weighted by Crippen LogP contribution is -2.42. The summed E-state index contributed by atoms with van der Waals surface area (Å²) in [6.45, 7) is 3.91. The molecule has 2 saturated heterocycles. The van der Waals surface area contributed by atoms with Crippen molar-refractivity contribution in [1.29, 1.82) is 0 Å². The number of nitrogens with zero attached hydrogens (tertiary/aromatic N) is 2. The van der Waals surface area contributed by atoms with Crippen LogP contribution in [0, 0.1) is 5.92 Å². The molecule has 4 rings (SSSR count). The van der Waals surface area contributed by atoms with E-state index in [9.17, 15) is 14.4 Å². The van der Waals surface area contributed by atoms with Crippen LogP contribution in [0.2, 0.25) is 5.02 Å². The highest BCUT2D eigenvalue weighted by molar-refractivity contribution is 7.12. The molecular weight excluding hydrogens is 412 g/mol. The Hall–Kier alpha value is -2.06. The molecule has 1 aromatic heterocycles. The van der Waals surface area contributed by atoms with Gasteiger partial charge in [0.15, 0.2) is 5.78 Å². The van der Waals surface area contributed by atoms with Crippen molar-refractivity contribution in [3.8, 4) is 0 Å². The Morgan fingerprint density at radius 1 is 1.10 bits per heavy atom. The van der Waals surface area contributed by atoms with Gasteiger partial charge in [0.25, 0.3) is 5.91 Å². The molecule has 29 heavy (non-hydrogen) atoms. The van der Waals surface area contributed by atoms with Gasteiger partial charge in [-0.15, -0.1) is 11.3 Å². The first kappa shape index (κ1) is 20.2. The van der Waals surface area contributed by atoms with Crippen LogP contribution in [-0.2, 0) is 14.3 Å². The summed E-state index contributed by atoms with van der Waals surface area (Å²) in [5, 5.41) is 2.35. The van der Waals surface area contributed by atoms with E-state index in [0.717, 1.165) is 18.7 Å². The van der Waals surface area contributed by atoms with Gasteiger partial charge in [-0.05, 0) is 29.1 Å². The minimum atomic E-state index is -1.04. The van der Waals surface area contributed by atoms with Crippen molar-refractivity contribution in [3.63, 3.8) is 0 Å². The summed E-state index contributed by atoms with van der Waals surface area (Å²) in [7, 11) is 0. The number of thiophene rings is 1. The van der Waals surface area contributed by atoms with E-state index in [-0.39, 0.29) is 5.78 Å². The molecule has 0 radical (unpaired) electrons. The van der Waals surface area contributed by atoms with Gasteiger partial charge in [0.05, 0.1) is 24.1 Å². The molecule has 152 valence electrons. The highest BCUT2D eigenvalue weighted by Gasteiger charge is 2.51. The summed E-state index contributed by atoms with van der Waals surface area (Å²) in [6.07, 6.45) is 0. The predicted molar refractivity (Wildman–Crippen MR) is 110 cm³/mol. The molecule has 2 atom stereocenters. The predicted octanol–water partition coefficient (Wildman–Crippen LogP) is 2.69. The fraction of sp³-hybridized carbons (Fsp3) is 0.381. The van der Waals surface area contributed by atoms with E-state index in [1.807, 2.05) is 0 Å². The van der Waals surface area contributed by atoms with Crippen molar-refractivity contribution in [2.45, 2.75) is 6.04 Å². The number of carbonyl (C=O) groups excluding carboxylic acids is 3. The summed E-state index contributed by atoms with van der Waals surface area (Å²) >= 11 is 7.31. The largest absolute Gasteiger partial charge is 0.379 e. The van der Waals surface area contributed by atoms with Crippen LogP contribution in [0.25, 0.3) is 0 Å². The molecule has 0 N–H and O–H groups in total. The van der Waals surface area contributed by atoms with Crippen LogP contribution in [-0.4, -0.2) is 66.7 Å². The van der Waals surface area contributed by atoms with Crippen LogP contribution in [0.4, 0.5) is 0 Å². The number of benzene rings is 1. The molecule has 0 aliphatic carbocycles. The second-order valence-corrected chi connectivity index (χ2v) is 8.52. The van der Waals surface area contributed by atoms with Gasteiger partial charge in [-0.3, -0.25) is 19.3 Å². The highest BCUT2D eigenvalue weighted by atomic mass is 35.5. The number of hydrogen-bond acceptors (Lipinski definition) is 6. The summed E-state index contributed by atoms with van der Waals surface area (Å²) in [6, 6.07) is 9.86. The average molecular weight is 433 g/mol. The van der Waals surface area contributed by atoms with Crippen LogP contribution in [0.3, 0.4) is 0 Å². The van der Waals surface area contributed by atoms with Crippen molar-refractivity contribution in [2.24, 2.45) is 5.92 Å². The van der Waals surface area contributed by atoms with Crippen LogP contribution in [0.15, 0.2) is 41.8 Å². The van der Waals surface area contributed by atoms with E-state index in [1.165, 1.54) is 11.3 Å². The molecule has 0 bridgehead atoms. The van der Waals surface area contributed by atoms with Gasteiger partial charge in [0.1, 0.15) is 5.92 Å². The lowest BCUT2D eigenvalue weighted by Gasteiger charge is -2.31. The van der Waals surface area contributed by atoms with Gasteiger partial charge in [0, 0.05) is 31.2 Å². The molecule has 8 heteroatoms. The molecule has 1 aromatic carbocycles. The molecule has 1 amide bonds. The summed E-state index contributed by atoms with van der Waals surface area (Å²) in [4.78, 5) is 43.1. The first-order chi connectivity index (χ1) is 14.1. The van der Waals surface area contributed by atoms with Gasteiger partial charge in [-0.2, -0.15) is 0 Å². The fourth-order valence-corrected chi connectivity index (χ4v) is 4.74. The lowest BCUT2D eigenvalue weighted by molar-refractivity contribution is -0.141. The number of Topliss-reactive ketones (excluding diaryl/α,β-unsaturated/α-hetero) is 2. The normalized spacial score (nSPS) is 23.0. The van der Waals surface area contributed by atoms with Crippen LogP contribution >= 0.6 is 22.9 Å². The van der Waals surface area contributed by atoms with E-state index in [1.54, 1.807) is 46.7 Å². The number of amides is 1. The monoisotopic (exact) mass is 432 g/mol. The first-order valence-electron chi connectivity index (χ1n) is 9.54. The molecule has 2 unspecified atom stereocenters. The zero-order chi connectivity index (χ0) is 20.4. The van der Waals surface area contributed by atoms with Crippen molar-refractivity contribution < 1.29 is 19.1 Å². The van der Waals surface area contributed by atoms with E-state index >= 15 is 0 Å². The van der Waals surface area contributed by atoms with Crippen LogP contribution in [0.5, 0.6) is 0 Å². The zero-order valence-corrected chi connectivity index (χ0v) is 17.3. The van der Waals surface area contributed by atoms with Gasteiger partial charge in [-0.1, -0.05) is 29.8 Å². The summed E-state index contributed by atoms with van der Waals surface area (Å²) < 4.78 is 5.37. The number of morpholine rings is 1. The Bertz CT molecular complexity index is 894. The Morgan fingerprint density at radius 3 is 2.48 bits per heavy atom. The maximum Gasteiger partial charge on any atom is 0.291 e. The van der Waals surface area contributed by atoms with Gasteiger partial charge in [0.2, 0.25) is 5.78 Å². The zero-order valence-electron chi connectivity index (χ0n) is 15.8. The molecule has 2 aliphatic heterocycles. The second kappa shape index (κ2) is 8.75. The van der Waals surface area contributed by atoms with Gasteiger partial charge >= 0.3 is 0 Å². The standard InChI is InChI=1S/C21H21ClN2O4S/c22-15-5-3-14(4-6-15)18-17(19(25)16-2-1-13-29-16)20(26)21(27)24(18)8-7-23-9-11-28-12-10-23/h1-6,13,17-18H,7-12H2. The summed E-state index contributed by atoms with van der Waals surface area (Å²) in [5.41, 5.74) is 0.741. The highest BCUT2D eigenvalue weighted by Crippen LogP contribution is 2.39. The number of carbonyl (C=O) groups is 3. The molecule has 6 nitrogen and oxygen atoms in total. The Kier molecular flexibility index (Phi) is 6.10. The Morgan fingerprint density at radius 2 is 1.83 bits per heavy atom. The number of hydrogen-bond donors (Lipinski definition) is 0. The number of likely N-dealkylation sites (tertiary alicyclic amines) is 1. The first-order valence-corrected chi connectivity index (χ1v) is 10.8. The molecule has 0 saturated carbocycles. The smallest absolute Gasteiger partial charge is 0.291 e. The molecular formula is C21H21ClN2O4S. The number of rotatable bonds is 6. The van der Waals surface area contributed by atoms with Crippen molar-refractivity contribution in [3.05, 3.63) is 57.2 Å². The average Bonchev–Trinajstić information content (AvgIpc) is 3.36. The maximum atomic E-state index is 13.1. The molecule has 3 heterocycles. The lowest BCUT2D eigenvalue weighted by atomic mass is 9.88. The fourth-order valence-electron chi connectivity index (χ4n) is 3.91. The van der Waals surface area contributed by atoms with Gasteiger partial charge < -0.3 is 9.64 Å². The third kappa shape index (κ3) is 4.14. The van der Waals surface area contributed by atoms with E-state index in [0.29, 0.717) is 36.2 Å². The van der Waals surface area contributed by atoms with Crippen LogP contribution in [0.1, 0.15) is 21.3 Å². The topological polar surface area (TPSA) is 66.9 Å². The molecule has 2 fully saturated rings. The summed E-state index contributed by atoms with van der Waals surface area (Å²) in [5.74, 6) is -2.56. The number of ether oxygens (including phenoxy) is 1. The van der Waals surface area contributed by atoms with Crippen LogP contribution < -0.4 is 0 Å². The Balaban J connectivity index is 1.64. The quantitative estimate of drug-likeness (QED) is 0.399. The maximum absolute atomic E-state index is 13.1. The SMILES string of the molecule is O=C1C(=O)N(CCN2CCOCC2)C(c2ccc(Cl)cc2)C1C(=O)c1cccs1. The second-order valence-electron chi connectivity index (χ2n) is 7.13. The minimum absolute atomic E-state index is 0.299. The third-order valence-electron chi connectivity index (χ3n) is 5.42. The van der Waals surface area contributed by atoms with Crippen molar-refractivity contribution >= 4 is 40.4 Å². The molecule has 0 spiro atoms. The number of halogens is 1. The Labute approximate surface area is 178 Å². The van der Waals surface area contributed by atoms with Gasteiger partial charge in [-0.25, -0.2) is 0 Å². The molecule has 2 aromatic rings. The van der Waals surface area contributed by atoms with Crippen molar-refractivity contribution in [2.75, 3.05) is 39.4 Å².